The zero-order valence-electron chi connectivity index (χ0n) is 16.2. The number of hydrogen-bond acceptors (Lipinski definition) is 4. The van der Waals surface area contributed by atoms with Crippen LogP contribution in [0.2, 0.25) is 0 Å². The van der Waals surface area contributed by atoms with Gasteiger partial charge >= 0.3 is 0 Å². The number of hydrogen-bond donors (Lipinski definition) is 2. The van der Waals surface area contributed by atoms with E-state index >= 15 is 0 Å². The van der Waals surface area contributed by atoms with Gasteiger partial charge in [-0.15, -0.1) is 24.0 Å². The quantitative estimate of drug-likeness (QED) is 0.354. The Hall–Kier alpha value is -0.870. The normalized spacial score (nSPS) is 19.0. The van der Waals surface area contributed by atoms with Crippen molar-refractivity contribution in [1.82, 2.24) is 20.4 Å². The molecule has 0 bridgehead atoms. The molecule has 2 aliphatic rings. The Kier molecular flexibility index (Phi) is 9.84. The van der Waals surface area contributed by atoms with Gasteiger partial charge in [0.2, 0.25) is 5.91 Å². The topological polar surface area (TPSA) is 60.0 Å². The van der Waals surface area contributed by atoms with Crippen molar-refractivity contribution in [2.24, 2.45) is 10.9 Å². The van der Waals surface area contributed by atoms with Gasteiger partial charge in [0, 0.05) is 58.8 Å². The molecule has 1 saturated carbocycles. The number of rotatable bonds is 6. The van der Waals surface area contributed by atoms with Crippen molar-refractivity contribution in [3.63, 3.8) is 0 Å². The number of carbonyl (C=O) groups is 1. The lowest BCUT2D eigenvalue weighted by molar-refractivity contribution is -0.137. The summed E-state index contributed by atoms with van der Waals surface area (Å²) in [4.78, 5) is 21.3. The van der Waals surface area contributed by atoms with Gasteiger partial charge in [-0.25, -0.2) is 0 Å². The summed E-state index contributed by atoms with van der Waals surface area (Å²) < 4.78 is 0. The number of guanidine groups is 1. The van der Waals surface area contributed by atoms with Gasteiger partial charge in [-0.3, -0.25) is 14.7 Å². The van der Waals surface area contributed by atoms with E-state index in [0.29, 0.717) is 11.8 Å². The van der Waals surface area contributed by atoms with Crippen LogP contribution >= 0.6 is 35.3 Å². The lowest BCUT2D eigenvalue weighted by Gasteiger charge is -2.36. The Morgan fingerprint density at radius 3 is 2.59 bits per heavy atom. The molecular weight excluding hydrogens is 473 g/mol. The first-order chi connectivity index (χ1) is 12.8. The van der Waals surface area contributed by atoms with Crippen molar-refractivity contribution in [2.45, 2.75) is 32.2 Å². The van der Waals surface area contributed by atoms with Crippen molar-refractivity contribution in [1.29, 1.82) is 0 Å². The number of piperazine rings is 1. The summed E-state index contributed by atoms with van der Waals surface area (Å²) in [6.45, 7) is 6.33. The maximum absolute atomic E-state index is 12.5. The van der Waals surface area contributed by atoms with Crippen LogP contribution in [0, 0.1) is 5.92 Å². The molecule has 6 nitrogen and oxygen atoms in total. The molecule has 1 aliphatic carbocycles. The molecule has 2 heterocycles. The number of nitrogens with one attached hydrogen (secondary N) is 2. The van der Waals surface area contributed by atoms with E-state index in [0.717, 1.165) is 64.6 Å². The second kappa shape index (κ2) is 11.9. The van der Waals surface area contributed by atoms with Crippen LogP contribution in [0.25, 0.3) is 0 Å². The largest absolute Gasteiger partial charge is 0.355 e. The van der Waals surface area contributed by atoms with Crippen LogP contribution < -0.4 is 10.6 Å². The van der Waals surface area contributed by atoms with Crippen LogP contribution in [0.15, 0.2) is 21.8 Å². The lowest BCUT2D eigenvalue weighted by atomic mass is 10.1. The minimum absolute atomic E-state index is 0. The lowest BCUT2D eigenvalue weighted by Crippen LogP contribution is -2.51. The van der Waals surface area contributed by atoms with Gasteiger partial charge in [-0.05, 0) is 35.2 Å². The van der Waals surface area contributed by atoms with Crippen molar-refractivity contribution in [3.05, 3.63) is 22.4 Å². The van der Waals surface area contributed by atoms with E-state index in [1.165, 1.54) is 18.4 Å². The highest BCUT2D eigenvalue weighted by Gasteiger charge is 2.29. The molecule has 1 amide bonds. The molecular formula is C19H32IN5OS. The molecule has 0 atom stereocenters. The van der Waals surface area contributed by atoms with Gasteiger partial charge in [0.25, 0.3) is 0 Å². The summed E-state index contributed by atoms with van der Waals surface area (Å²) in [7, 11) is 1.80. The highest BCUT2D eigenvalue weighted by molar-refractivity contribution is 14.0. The average Bonchev–Trinajstić information content (AvgIpc) is 3.38. The predicted molar refractivity (Wildman–Crippen MR) is 123 cm³/mol. The van der Waals surface area contributed by atoms with Crippen LogP contribution in [0.3, 0.4) is 0 Å². The van der Waals surface area contributed by atoms with E-state index in [1.807, 2.05) is 0 Å². The zero-order valence-corrected chi connectivity index (χ0v) is 19.3. The Balaban J connectivity index is 0.00000261. The molecule has 0 aromatic carbocycles. The van der Waals surface area contributed by atoms with Gasteiger partial charge in [0.05, 0.1) is 0 Å². The minimum Gasteiger partial charge on any atom is -0.355 e. The summed E-state index contributed by atoms with van der Waals surface area (Å²) >= 11 is 1.71. The molecule has 0 radical (unpaired) electrons. The number of amides is 1. The van der Waals surface area contributed by atoms with Gasteiger partial charge in [0.15, 0.2) is 5.96 Å². The fourth-order valence-corrected chi connectivity index (χ4v) is 4.42. The Labute approximate surface area is 183 Å². The van der Waals surface area contributed by atoms with Gasteiger partial charge in [0.1, 0.15) is 0 Å². The molecule has 1 aromatic heterocycles. The molecule has 1 aromatic rings. The highest BCUT2D eigenvalue weighted by Crippen LogP contribution is 2.26. The summed E-state index contributed by atoms with van der Waals surface area (Å²) in [5, 5.41) is 10.9. The van der Waals surface area contributed by atoms with Crippen LogP contribution in [-0.4, -0.2) is 68.0 Å². The summed E-state index contributed by atoms with van der Waals surface area (Å²) in [5.74, 6) is 1.55. The average molecular weight is 505 g/mol. The van der Waals surface area contributed by atoms with Gasteiger partial charge < -0.3 is 15.5 Å². The van der Waals surface area contributed by atoms with E-state index in [1.54, 1.807) is 18.4 Å². The smallest absolute Gasteiger partial charge is 0.225 e. The van der Waals surface area contributed by atoms with E-state index < -0.39 is 0 Å². The highest BCUT2D eigenvalue weighted by atomic mass is 127. The SMILES string of the molecule is CN=C(NCCN1CCN(C(=O)C2CCCC2)CC1)NCc1ccsc1.I. The van der Waals surface area contributed by atoms with Crippen molar-refractivity contribution in [3.8, 4) is 0 Å². The molecule has 152 valence electrons. The van der Waals surface area contributed by atoms with E-state index in [-0.39, 0.29) is 24.0 Å². The molecule has 0 spiro atoms. The number of halogens is 1. The number of thiophene rings is 1. The van der Waals surface area contributed by atoms with E-state index in [2.05, 4.69) is 42.3 Å². The third kappa shape index (κ3) is 6.90. The van der Waals surface area contributed by atoms with Crippen molar-refractivity contribution in [2.75, 3.05) is 46.3 Å². The summed E-state index contributed by atoms with van der Waals surface area (Å²) in [5.41, 5.74) is 1.28. The van der Waals surface area contributed by atoms with Crippen LogP contribution in [0.4, 0.5) is 0 Å². The number of nitrogens with zero attached hydrogens (tertiary/aromatic N) is 3. The minimum atomic E-state index is 0. The first-order valence-corrected chi connectivity index (χ1v) is 10.7. The first kappa shape index (κ1) is 22.4. The van der Waals surface area contributed by atoms with Crippen molar-refractivity contribution < 1.29 is 4.79 Å². The zero-order chi connectivity index (χ0) is 18.2. The summed E-state index contributed by atoms with van der Waals surface area (Å²) in [6, 6.07) is 2.12. The number of aliphatic imine (C=N–C) groups is 1. The molecule has 2 fully saturated rings. The number of carbonyl (C=O) groups excluding carboxylic acids is 1. The molecule has 27 heavy (non-hydrogen) atoms. The van der Waals surface area contributed by atoms with Gasteiger partial charge in [-0.2, -0.15) is 11.3 Å². The van der Waals surface area contributed by atoms with E-state index in [4.69, 9.17) is 0 Å². The maximum atomic E-state index is 12.5. The summed E-state index contributed by atoms with van der Waals surface area (Å²) in [6.07, 6.45) is 4.65. The first-order valence-electron chi connectivity index (χ1n) is 9.73. The third-order valence-electron chi connectivity index (χ3n) is 5.37. The Morgan fingerprint density at radius 1 is 1.22 bits per heavy atom. The Morgan fingerprint density at radius 2 is 1.96 bits per heavy atom. The monoisotopic (exact) mass is 505 g/mol. The molecule has 1 saturated heterocycles. The van der Waals surface area contributed by atoms with Crippen LogP contribution in [0.1, 0.15) is 31.2 Å². The Bertz CT molecular complexity index is 581. The fraction of sp³-hybridized carbons (Fsp3) is 0.684. The predicted octanol–water partition coefficient (Wildman–Crippen LogP) is 2.37. The standard InChI is InChI=1S/C19H31N5OS.HI/c1-20-19(22-14-16-6-13-26-15-16)21-7-8-23-9-11-24(12-10-23)18(25)17-4-2-3-5-17;/h6,13,15,17H,2-5,7-12,14H2,1H3,(H2,20,21,22);1H. The fourth-order valence-electron chi connectivity index (χ4n) is 3.75. The maximum Gasteiger partial charge on any atom is 0.225 e. The molecule has 2 N–H and O–H groups in total. The van der Waals surface area contributed by atoms with Crippen molar-refractivity contribution >= 4 is 47.2 Å². The second-order valence-electron chi connectivity index (χ2n) is 7.13. The van der Waals surface area contributed by atoms with Gasteiger partial charge in [-0.1, -0.05) is 12.8 Å². The van der Waals surface area contributed by atoms with Crippen LogP contribution in [-0.2, 0) is 11.3 Å². The third-order valence-corrected chi connectivity index (χ3v) is 6.10. The van der Waals surface area contributed by atoms with E-state index in [9.17, 15) is 4.79 Å². The molecule has 1 aliphatic heterocycles. The molecule has 0 unspecified atom stereocenters. The molecule has 8 heteroatoms. The molecule has 3 rings (SSSR count). The van der Waals surface area contributed by atoms with Crippen LogP contribution in [0.5, 0.6) is 0 Å². The second-order valence-corrected chi connectivity index (χ2v) is 7.91.